The van der Waals surface area contributed by atoms with E-state index in [1.807, 2.05) is 12.1 Å². The van der Waals surface area contributed by atoms with Gasteiger partial charge in [-0.15, -0.1) is 0 Å². The van der Waals surface area contributed by atoms with Crippen LogP contribution in [0.2, 0.25) is 0 Å². The number of aliphatic hydroxyl groups excluding tert-OH is 1. The number of methoxy groups -OCH3 is 1. The Hall–Kier alpha value is -1.99. The molecule has 7 heteroatoms. The number of carbonyl (C=O) groups is 1. The predicted octanol–water partition coefficient (Wildman–Crippen LogP) is 1.13. The summed E-state index contributed by atoms with van der Waals surface area (Å²) in [6, 6.07) is 3.75. The van der Waals surface area contributed by atoms with Gasteiger partial charge in [-0.25, -0.2) is 0 Å². The maximum atomic E-state index is 11.4. The molecular weight excluding hydrogens is 336 g/mol. The lowest BCUT2D eigenvalue weighted by atomic mass is 9.77. The van der Waals surface area contributed by atoms with Crippen LogP contribution in [0, 0.1) is 11.8 Å². The molecule has 4 rings (SSSR count). The molecule has 2 N–H and O–H groups in total. The van der Waals surface area contributed by atoms with Crippen molar-refractivity contribution >= 4 is 5.91 Å². The second-order valence-corrected chi connectivity index (χ2v) is 7.58. The number of rotatable bonds is 4. The first-order chi connectivity index (χ1) is 12.5. The average Bonchev–Trinajstić information content (AvgIpc) is 3.19. The van der Waals surface area contributed by atoms with Crippen molar-refractivity contribution in [1.29, 1.82) is 0 Å². The van der Waals surface area contributed by atoms with E-state index in [1.54, 1.807) is 7.11 Å². The van der Waals surface area contributed by atoms with Crippen LogP contribution in [0.4, 0.5) is 0 Å². The molecule has 0 unspecified atom stereocenters. The smallest absolute Gasteiger partial charge is 0.231 e. The molecule has 7 nitrogen and oxygen atoms in total. The van der Waals surface area contributed by atoms with Crippen molar-refractivity contribution in [3.63, 3.8) is 0 Å². The molecular formula is C19H26N2O5. The Morgan fingerprint density at radius 2 is 1.96 bits per heavy atom. The van der Waals surface area contributed by atoms with E-state index in [4.69, 9.17) is 14.2 Å². The van der Waals surface area contributed by atoms with Crippen molar-refractivity contribution in [1.82, 2.24) is 10.2 Å². The zero-order valence-corrected chi connectivity index (χ0v) is 15.2. The van der Waals surface area contributed by atoms with Gasteiger partial charge in [0.2, 0.25) is 12.7 Å². The lowest BCUT2D eigenvalue weighted by Crippen LogP contribution is -2.48. The number of amides is 1. The van der Waals surface area contributed by atoms with Gasteiger partial charge in [0, 0.05) is 38.2 Å². The lowest BCUT2D eigenvalue weighted by Gasteiger charge is -2.35. The molecule has 3 aliphatic rings. The highest BCUT2D eigenvalue weighted by Crippen LogP contribution is 2.41. The first kappa shape index (κ1) is 17.4. The Labute approximate surface area is 153 Å². The van der Waals surface area contributed by atoms with Crippen molar-refractivity contribution in [3.8, 4) is 17.2 Å². The fourth-order valence-electron chi connectivity index (χ4n) is 4.59. The highest BCUT2D eigenvalue weighted by molar-refractivity contribution is 5.73. The minimum absolute atomic E-state index is 0.0764. The monoisotopic (exact) mass is 362 g/mol. The Bertz CT molecular complexity index is 695. The fourth-order valence-corrected chi connectivity index (χ4v) is 4.59. The summed E-state index contributed by atoms with van der Waals surface area (Å²) in [5.74, 6) is 3.18. The van der Waals surface area contributed by atoms with Crippen molar-refractivity contribution < 1.29 is 24.1 Å². The second kappa shape index (κ2) is 6.96. The van der Waals surface area contributed by atoms with E-state index in [1.165, 1.54) is 6.92 Å². The van der Waals surface area contributed by atoms with Gasteiger partial charge in [-0.1, -0.05) is 0 Å². The predicted molar refractivity (Wildman–Crippen MR) is 94.2 cm³/mol. The molecule has 1 saturated carbocycles. The largest absolute Gasteiger partial charge is 0.496 e. The summed E-state index contributed by atoms with van der Waals surface area (Å²) >= 11 is 0. The molecule has 1 aliphatic carbocycles. The molecule has 26 heavy (non-hydrogen) atoms. The first-order valence-corrected chi connectivity index (χ1v) is 9.17. The zero-order chi connectivity index (χ0) is 18.3. The number of nitrogens with zero attached hydrogens (tertiary/aromatic N) is 1. The number of benzene rings is 1. The third-order valence-corrected chi connectivity index (χ3v) is 5.78. The maximum Gasteiger partial charge on any atom is 0.231 e. The van der Waals surface area contributed by atoms with Gasteiger partial charge < -0.3 is 24.6 Å². The van der Waals surface area contributed by atoms with Crippen molar-refractivity contribution in [2.75, 3.05) is 27.0 Å². The number of hydrogen-bond donors (Lipinski definition) is 2. The van der Waals surface area contributed by atoms with Crippen LogP contribution < -0.4 is 19.5 Å². The Morgan fingerprint density at radius 3 is 2.65 bits per heavy atom. The van der Waals surface area contributed by atoms with E-state index in [0.717, 1.165) is 55.3 Å². The number of ether oxygens (including phenoxy) is 3. The minimum atomic E-state index is -0.458. The highest BCUT2D eigenvalue weighted by Gasteiger charge is 2.42. The fraction of sp³-hybridized carbons (Fsp3) is 0.632. The molecule has 1 aromatic carbocycles. The van der Waals surface area contributed by atoms with Crippen LogP contribution in [0.5, 0.6) is 17.2 Å². The Kier molecular flexibility index (Phi) is 4.67. The van der Waals surface area contributed by atoms with Crippen LogP contribution in [0.3, 0.4) is 0 Å². The number of fused-ring (bicyclic) bond motifs is 2. The number of nitrogens with one attached hydrogen (secondary N) is 1. The number of carbonyl (C=O) groups excluding carboxylic acids is 1. The number of hydrogen-bond acceptors (Lipinski definition) is 6. The van der Waals surface area contributed by atoms with E-state index in [2.05, 4.69) is 10.2 Å². The molecule has 2 fully saturated rings. The molecule has 1 saturated heterocycles. The highest BCUT2D eigenvalue weighted by atomic mass is 16.7. The normalized spacial score (nSPS) is 30.1. The van der Waals surface area contributed by atoms with Crippen LogP contribution >= 0.6 is 0 Å². The van der Waals surface area contributed by atoms with Crippen molar-refractivity contribution in [3.05, 3.63) is 17.7 Å². The Morgan fingerprint density at radius 1 is 1.27 bits per heavy atom. The van der Waals surface area contributed by atoms with Gasteiger partial charge in [0.05, 0.1) is 19.3 Å². The summed E-state index contributed by atoms with van der Waals surface area (Å²) in [4.78, 5) is 13.8. The SMILES string of the molecule is COc1cc2c(cc1CN1C[C@H]3C[C@@H](NC(C)=O)[C@H](O)C[C@H]3C1)OCO2. The molecule has 0 aromatic heterocycles. The van der Waals surface area contributed by atoms with E-state index < -0.39 is 6.10 Å². The van der Waals surface area contributed by atoms with Crippen molar-refractivity contribution in [2.24, 2.45) is 11.8 Å². The maximum absolute atomic E-state index is 11.4. The van der Waals surface area contributed by atoms with E-state index in [-0.39, 0.29) is 18.7 Å². The molecule has 1 amide bonds. The summed E-state index contributed by atoms with van der Waals surface area (Å²) in [5.41, 5.74) is 1.08. The molecule has 142 valence electrons. The topological polar surface area (TPSA) is 80.3 Å². The van der Waals surface area contributed by atoms with Gasteiger partial charge in [-0.2, -0.15) is 0 Å². The number of aliphatic hydroxyl groups is 1. The summed E-state index contributed by atoms with van der Waals surface area (Å²) < 4.78 is 16.4. The van der Waals surface area contributed by atoms with Gasteiger partial charge in [0.1, 0.15) is 5.75 Å². The molecule has 2 aliphatic heterocycles. The third-order valence-electron chi connectivity index (χ3n) is 5.78. The molecule has 4 atom stereocenters. The molecule has 0 spiro atoms. The second-order valence-electron chi connectivity index (χ2n) is 7.58. The summed E-state index contributed by atoms with van der Waals surface area (Å²) in [7, 11) is 1.67. The third kappa shape index (κ3) is 3.33. The first-order valence-electron chi connectivity index (χ1n) is 9.17. The van der Waals surface area contributed by atoms with Gasteiger partial charge in [-0.05, 0) is 30.7 Å². The van der Waals surface area contributed by atoms with Crippen LogP contribution in [-0.2, 0) is 11.3 Å². The molecule has 2 heterocycles. The van der Waals surface area contributed by atoms with E-state index in [0.29, 0.717) is 11.8 Å². The van der Waals surface area contributed by atoms with Crippen LogP contribution in [0.25, 0.3) is 0 Å². The van der Waals surface area contributed by atoms with Crippen LogP contribution in [0.1, 0.15) is 25.3 Å². The van der Waals surface area contributed by atoms with Crippen LogP contribution in [-0.4, -0.2) is 55.1 Å². The number of likely N-dealkylation sites (tertiary alicyclic amines) is 1. The summed E-state index contributed by atoms with van der Waals surface area (Å²) in [6.07, 6.45) is 1.12. The average molecular weight is 362 g/mol. The van der Waals surface area contributed by atoms with E-state index in [9.17, 15) is 9.90 Å². The van der Waals surface area contributed by atoms with E-state index >= 15 is 0 Å². The van der Waals surface area contributed by atoms with Gasteiger partial charge >= 0.3 is 0 Å². The standard InChI is InChI=1S/C19H26N2O5/c1-11(22)20-15-3-12-7-21(8-13(12)4-16(15)23)9-14-5-18-19(26-10-25-18)6-17(14)24-2/h5-6,12-13,15-16,23H,3-4,7-10H2,1-2H3,(H,20,22)/t12-,13+,15-,16-/m1/s1. The zero-order valence-electron chi connectivity index (χ0n) is 15.2. The summed E-state index contributed by atoms with van der Waals surface area (Å²) in [6.45, 7) is 4.44. The van der Waals surface area contributed by atoms with Gasteiger partial charge in [0.25, 0.3) is 0 Å². The minimum Gasteiger partial charge on any atom is -0.496 e. The summed E-state index contributed by atoms with van der Waals surface area (Å²) in [5, 5.41) is 13.2. The quantitative estimate of drug-likeness (QED) is 0.836. The lowest BCUT2D eigenvalue weighted by molar-refractivity contribution is -0.121. The molecule has 0 bridgehead atoms. The molecule has 1 aromatic rings. The molecule has 0 radical (unpaired) electrons. The van der Waals surface area contributed by atoms with Gasteiger partial charge in [-0.3, -0.25) is 9.69 Å². The Balaban J connectivity index is 1.44. The van der Waals surface area contributed by atoms with Crippen molar-refractivity contribution in [2.45, 2.75) is 38.5 Å². The van der Waals surface area contributed by atoms with Crippen LogP contribution in [0.15, 0.2) is 12.1 Å². The van der Waals surface area contributed by atoms with Gasteiger partial charge in [0.15, 0.2) is 11.5 Å².